The van der Waals surface area contributed by atoms with Crippen LogP contribution in [-0.2, 0) is 11.2 Å². The molecule has 1 aromatic heterocycles. The first-order chi connectivity index (χ1) is 8.49. The Hall–Kier alpha value is -1.42. The van der Waals surface area contributed by atoms with E-state index < -0.39 is 0 Å². The maximum Gasteiger partial charge on any atom is 0.223 e. The van der Waals surface area contributed by atoms with Gasteiger partial charge in [0.05, 0.1) is 6.10 Å². The molecule has 0 spiro atoms. The first-order valence-corrected chi connectivity index (χ1v) is 6.36. The number of nitrogens with zero attached hydrogens (tertiary/aromatic N) is 2. The van der Waals surface area contributed by atoms with Gasteiger partial charge in [-0.05, 0) is 44.4 Å². The predicted octanol–water partition coefficient (Wildman–Crippen LogP) is 1.39. The summed E-state index contributed by atoms with van der Waals surface area (Å²) in [7, 11) is 0. The van der Waals surface area contributed by atoms with Crippen LogP contribution in [0.1, 0.15) is 32.3 Å². The minimum Gasteiger partial charge on any atom is -0.391 e. The number of aromatic nitrogens is 1. The van der Waals surface area contributed by atoms with E-state index >= 15 is 0 Å². The Kier molecular flexibility index (Phi) is 3.66. The van der Waals surface area contributed by atoms with Crippen LogP contribution >= 0.6 is 0 Å². The molecule has 1 saturated heterocycles. The molecular formula is C14H20N2O2. The predicted molar refractivity (Wildman–Crippen MR) is 69.0 cm³/mol. The van der Waals surface area contributed by atoms with Crippen molar-refractivity contribution in [1.29, 1.82) is 0 Å². The zero-order valence-corrected chi connectivity index (χ0v) is 11.0. The average Bonchev–Trinajstić information content (AvgIpc) is 2.61. The molecule has 0 aliphatic carbocycles. The summed E-state index contributed by atoms with van der Waals surface area (Å²) in [6.45, 7) is 4.48. The summed E-state index contributed by atoms with van der Waals surface area (Å²) in [5.74, 6) is 0.119. The molecule has 1 amide bonds. The molecule has 4 nitrogen and oxygen atoms in total. The van der Waals surface area contributed by atoms with Crippen molar-refractivity contribution in [1.82, 2.24) is 9.88 Å². The normalized spacial score (nSPS) is 22.2. The number of aryl methyl sites for hydroxylation is 1. The lowest BCUT2D eigenvalue weighted by molar-refractivity contribution is -0.134. The molecule has 1 aliphatic heterocycles. The van der Waals surface area contributed by atoms with Crippen LogP contribution in [0.5, 0.6) is 0 Å². The van der Waals surface area contributed by atoms with Gasteiger partial charge in [0.15, 0.2) is 0 Å². The highest BCUT2D eigenvalue weighted by Crippen LogP contribution is 2.29. The Balaban J connectivity index is 1.93. The summed E-state index contributed by atoms with van der Waals surface area (Å²) in [6, 6.07) is 3.86. The number of pyridine rings is 1. The number of amides is 1. The molecule has 0 radical (unpaired) electrons. The maximum absolute atomic E-state index is 12.2. The third-order valence-corrected chi connectivity index (χ3v) is 3.54. The fraction of sp³-hybridized carbons (Fsp3) is 0.571. The van der Waals surface area contributed by atoms with Crippen molar-refractivity contribution in [2.45, 2.75) is 44.8 Å². The Morgan fingerprint density at radius 1 is 1.50 bits per heavy atom. The lowest BCUT2D eigenvalue weighted by atomic mass is 10.0. The maximum atomic E-state index is 12.2. The van der Waals surface area contributed by atoms with Crippen molar-refractivity contribution in [2.24, 2.45) is 0 Å². The smallest absolute Gasteiger partial charge is 0.223 e. The molecule has 18 heavy (non-hydrogen) atoms. The number of aliphatic hydroxyl groups is 1. The summed E-state index contributed by atoms with van der Waals surface area (Å²) in [4.78, 5) is 17.9. The third-order valence-electron chi connectivity index (χ3n) is 3.54. The lowest BCUT2D eigenvalue weighted by Gasteiger charge is -2.31. The van der Waals surface area contributed by atoms with Gasteiger partial charge in [0.1, 0.15) is 0 Å². The molecule has 1 atom stereocenters. The molecule has 4 heteroatoms. The third kappa shape index (κ3) is 2.88. The quantitative estimate of drug-likeness (QED) is 0.879. The highest BCUT2D eigenvalue weighted by Gasteiger charge is 2.39. The SMILES string of the molecule is CC1(C)CC(O)CN1C(=O)CCc1ccncc1. The fourth-order valence-corrected chi connectivity index (χ4v) is 2.58. The van der Waals surface area contributed by atoms with Crippen LogP contribution < -0.4 is 0 Å². The number of likely N-dealkylation sites (tertiary alicyclic amines) is 1. The van der Waals surface area contributed by atoms with E-state index in [4.69, 9.17) is 0 Å². The van der Waals surface area contributed by atoms with Crippen molar-refractivity contribution in [3.8, 4) is 0 Å². The first-order valence-electron chi connectivity index (χ1n) is 6.36. The zero-order valence-electron chi connectivity index (χ0n) is 11.0. The molecule has 2 rings (SSSR count). The van der Waals surface area contributed by atoms with E-state index in [2.05, 4.69) is 4.98 Å². The molecule has 0 bridgehead atoms. The van der Waals surface area contributed by atoms with Crippen molar-refractivity contribution < 1.29 is 9.90 Å². The van der Waals surface area contributed by atoms with Crippen LogP contribution in [-0.4, -0.2) is 39.1 Å². The van der Waals surface area contributed by atoms with E-state index in [0.29, 0.717) is 19.4 Å². The highest BCUT2D eigenvalue weighted by atomic mass is 16.3. The van der Waals surface area contributed by atoms with Crippen molar-refractivity contribution in [2.75, 3.05) is 6.54 Å². The summed E-state index contributed by atoms with van der Waals surface area (Å²) >= 11 is 0. The number of rotatable bonds is 3. The van der Waals surface area contributed by atoms with E-state index in [1.165, 1.54) is 0 Å². The molecule has 0 aromatic carbocycles. The van der Waals surface area contributed by atoms with Crippen LogP contribution in [0.2, 0.25) is 0 Å². The zero-order chi connectivity index (χ0) is 13.2. The van der Waals surface area contributed by atoms with Crippen LogP contribution in [0.4, 0.5) is 0 Å². The second-order valence-corrected chi connectivity index (χ2v) is 5.53. The fourth-order valence-electron chi connectivity index (χ4n) is 2.58. The summed E-state index contributed by atoms with van der Waals surface area (Å²) in [6.07, 6.45) is 4.97. The van der Waals surface area contributed by atoms with Gasteiger partial charge in [0.25, 0.3) is 0 Å². The van der Waals surface area contributed by atoms with Crippen molar-refractivity contribution in [3.05, 3.63) is 30.1 Å². The Morgan fingerprint density at radius 2 is 2.17 bits per heavy atom. The van der Waals surface area contributed by atoms with E-state index in [-0.39, 0.29) is 17.6 Å². The number of aliphatic hydroxyl groups excluding tert-OH is 1. The summed E-state index contributed by atoms with van der Waals surface area (Å²) in [5.41, 5.74) is 0.894. The van der Waals surface area contributed by atoms with Gasteiger partial charge in [0, 0.05) is 30.9 Å². The van der Waals surface area contributed by atoms with Gasteiger partial charge in [-0.3, -0.25) is 9.78 Å². The number of hydrogen-bond donors (Lipinski definition) is 1. The highest BCUT2D eigenvalue weighted by molar-refractivity contribution is 5.77. The first kappa shape index (κ1) is 13.0. The largest absolute Gasteiger partial charge is 0.391 e. The van der Waals surface area contributed by atoms with Gasteiger partial charge in [-0.1, -0.05) is 0 Å². The van der Waals surface area contributed by atoms with E-state index in [1.807, 2.05) is 26.0 Å². The Morgan fingerprint density at radius 3 is 2.72 bits per heavy atom. The van der Waals surface area contributed by atoms with Crippen LogP contribution in [0.15, 0.2) is 24.5 Å². The lowest BCUT2D eigenvalue weighted by Crippen LogP contribution is -2.42. The second kappa shape index (κ2) is 5.06. The van der Waals surface area contributed by atoms with Gasteiger partial charge in [0.2, 0.25) is 5.91 Å². The molecule has 2 heterocycles. The summed E-state index contributed by atoms with van der Waals surface area (Å²) in [5, 5.41) is 9.67. The average molecular weight is 248 g/mol. The van der Waals surface area contributed by atoms with Gasteiger partial charge in [-0.15, -0.1) is 0 Å². The van der Waals surface area contributed by atoms with Crippen molar-refractivity contribution in [3.63, 3.8) is 0 Å². The molecule has 0 saturated carbocycles. The molecule has 1 N–H and O–H groups in total. The minimum absolute atomic E-state index is 0.119. The van der Waals surface area contributed by atoms with Crippen LogP contribution in [0, 0.1) is 0 Å². The van der Waals surface area contributed by atoms with Gasteiger partial charge >= 0.3 is 0 Å². The Labute approximate surface area is 108 Å². The minimum atomic E-state index is -0.384. The molecule has 1 fully saturated rings. The molecular weight excluding hydrogens is 228 g/mol. The van der Waals surface area contributed by atoms with Crippen LogP contribution in [0.25, 0.3) is 0 Å². The molecule has 1 unspecified atom stereocenters. The molecule has 1 aliphatic rings. The van der Waals surface area contributed by atoms with E-state index in [9.17, 15) is 9.90 Å². The van der Waals surface area contributed by atoms with Gasteiger partial charge in [-0.2, -0.15) is 0 Å². The number of carbonyl (C=O) groups is 1. The molecule has 1 aromatic rings. The topological polar surface area (TPSA) is 53.4 Å². The standard InChI is InChI=1S/C14H20N2O2/c1-14(2)9-12(17)10-16(14)13(18)4-3-11-5-7-15-8-6-11/h5-8,12,17H,3-4,9-10H2,1-2H3. The monoisotopic (exact) mass is 248 g/mol. The molecule has 98 valence electrons. The van der Waals surface area contributed by atoms with Crippen LogP contribution in [0.3, 0.4) is 0 Å². The second-order valence-electron chi connectivity index (χ2n) is 5.53. The number of hydrogen-bond acceptors (Lipinski definition) is 3. The van der Waals surface area contributed by atoms with Gasteiger partial charge in [-0.25, -0.2) is 0 Å². The number of carbonyl (C=O) groups excluding carboxylic acids is 1. The van der Waals surface area contributed by atoms with E-state index in [1.54, 1.807) is 17.3 Å². The summed E-state index contributed by atoms with van der Waals surface area (Å²) < 4.78 is 0. The van der Waals surface area contributed by atoms with E-state index in [0.717, 1.165) is 12.0 Å². The van der Waals surface area contributed by atoms with Gasteiger partial charge < -0.3 is 10.0 Å². The Bertz CT molecular complexity index is 417. The van der Waals surface area contributed by atoms with Crippen molar-refractivity contribution >= 4 is 5.91 Å². The number of β-amino-alcohol motifs (C(OH)–C–C–N with tert-alkyl or cyclic N) is 1.